The van der Waals surface area contributed by atoms with Crippen LogP contribution >= 0.6 is 15.9 Å². The normalized spacial score (nSPS) is 10.4. The van der Waals surface area contributed by atoms with Gasteiger partial charge in [-0.05, 0) is 28.1 Å². The van der Waals surface area contributed by atoms with Gasteiger partial charge in [-0.2, -0.15) is 0 Å². The molecule has 0 aromatic carbocycles. The first-order chi connectivity index (χ1) is 5.79. The monoisotopic (exact) mass is 223 g/mol. The SMILES string of the molecule is Nc1c(Br)cnc2cccnc12. The number of hydrogen-bond acceptors (Lipinski definition) is 3. The van der Waals surface area contributed by atoms with Crippen LogP contribution in [0, 0.1) is 0 Å². The average Bonchev–Trinajstić information content (AvgIpc) is 2.12. The quantitative estimate of drug-likeness (QED) is 0.744. The molecule has 4 heteroatoms. The highest BCUT2D eigenvalue weighted by atomic mass is 79.9. The lowest BCUT2D eigenvalue weighted by molar-refractivity contribution is 1.33. The van der Waals surface area contributed by atoms with Crippen molar-refractivity contribution in [2.24, 2.45) is 0 Å². The third-order valence-electron chi connectivity index (χ3n) is 1.62. The van der Waals surface area contributed by atoms with Crippen LogP contribution in [0.3, 0.4) is 0 Å². The Labute approximate surface area is 77.8 Å². The molecule has 0 saturated carbocycles. The molecule has 0 aliphatic carbocycles. The van der Waals surface area contributed by atoms with Crippen LogP contribution in [0.2, 0.25) is 0 Å². The molecule has 3 nitrogen and oxygen atoms in total. The van der Waals surface area contributed by atoms with E-state index in [-0.39, 0.29) is 0 Å². The Hall–Kier alpha value is -1.16. The number of nitrogen functional groups attached to an aromatic ring is 1. The molecule has 0 saturated heterocycles. The van der Waals surface area contributed by atoms with Gasteiger partial charge in [-0.25, -0.2) is 0 Å². The maximum Gasteiger partial charge on any atom is 0.113 e. The summed E-state index contributed by atoms with van der Waals surface area (Å²) in [6.07, 6.45) is 3.38. The maximum absolute atomic E-state index is 5.77. The average molecular weight is 224 g/mol. The zero-order valence-electron chi connectivity index (χ0n) is 6.16. The van der Waals surface area contributed by atoms with Crippen LogP contribution in [-0.4, -0.2) is 9.97 Å². The fraction of sp³-hybridized carbons (Fsp3) is 0. The van der Waals surface area contributed by atoms with E-state index < -0.39 is 0 Å². The molecular weight excluding hydrogens is 218 g/mol. The van der Waals surface area contributed by atoms with Crippen LogP contribution < -0.4 is 5.73 Å². The molecule has 0 amide bonds. The molecule has 0 unspecified atom stereocenters. The summed E-state index contributed by atoms with van der Waals surface area (Å²) in [5.41, 5.74) is 7.97. The molecule has 2 aromatic rings. The second kappa shape index (κ2) is 2.71. The van der Waals surface area contributed by atoms with E-state index in [4.69, 9.17) is 5.73 Å². The number of aromatic nitrogens is 2. The molecule has 0 bridgehead atoms. The van der Waals surface area contributed by atoms with Crippen molar-refractivity contribution in [1.82, 2.24) is 9.97 Å². The number of nitrogens with two attached hydrogens (primary N) is 1. The molecule has 12 heavy (non-hydrogen) atoms. The number of halogens is 1. The number of fused-ring (bicyclic) bond motifs is 1. The van der Waals surface area contributed by atoms with Crippen molar-refractivity contribution in [2.75, 3.05) is 5.73 Å². The third kappa shape index (κ3) is 1.04. The summed E-state index contributed by atoms with van der Waals surface area (Å²) in [5, 5.41) is 0. The van der Waals surface area contributed by atoms with Crippen LogP contribution in [0.15, 0.2) is 29.0 Å². The second-order valence-electron chi connectivity index (χ2n) is 2.39. The summed E-state index contributed by atoms with van der Waals surface area (Å²) < 4.78 is 0.786. The Morgan fingerprint density at radius 2 is 2.17 bits per heavy atom. The summed E-state index contributed by atoms with van der Waals surface area (Å²) >= 11 is 3.29. The van der Waals surface area contributed by atoms with Crippen LogP contribution in [0.5, 0.6) is 0 Å². The molecule has 2 rings (SSSR count). The summed E-state index contributed by atoms with van der Waals surface area (Å²) in [7, 11) is 0. The predicted octanol–water partition coefficient (Wildman–Crippen LogP) is 1.97. The Morgan fingerprint density at radius 1 is 1.33 bits per heavy atom. The van der Waals surface area contributed by atoms with Crippen molar-refractivity contribution in [3.8, 4) is 0 Å². The van der Waals surface area contributed by atoms with Gasteiger partial charge >= 0.3 is 0 Å². The van der Waals surface area contributed by atoms with E-state index in [1.807, 2.05) is 12.1 Å². The lowest BCUT2D eigenvalue weighted by atomic mass is 10.3. The van der Waals surface area contributed by atoms with E-state index in [1.165, 1.54) is 0 Å². The van der Waals surface area contributed by atoms with E-state index in [1.54, 1.807) is 12.4 Å². The van der Waals surface area contributed by atoms with E-state index in [2.05, 4.69) is 25.9 Å². The van der Waals surface area contributed by atoms with Gasteiger partial charge in [-0.15, -0.1) is 0 Å². The fourth-order valence-electron chi connectivity index (χ4n) is 1.02. The Bertz CT molecular complexity index is 428. The van der Waals surface area contributed by atoms with Crippen molar-refractivity contribution in [3.05, 3.63) is 29.0 Å². The predicted molar refractivity (Wildman–Crippen MR) is 51.7 cm³/mol. The van der Waals surface area contributed by atoms with Gasteiger partial charge < -0.3 is 5.73 Å². The molecule has 0 radical (unpaired) electrons. The Morgan fingerprint density at radius 3 is 3.00 bits per heavy atom. The van der Waals surface area contributed by atoms with Gasteiger partial charge in [0.05, 0.1) is 15.7 Å². The molecule has 0 atom stereocenters. The molecule has 0 aliphatic heterocycles. The van der Waals surface area contributed by atoms with E-state index in [9.17, 15) is 0 Å². The summed E-state index contributed by atoms with van der Waals surface area (Å²) in [6.45, 7) is 0. The molecule has 2 heterocycles. The summed E-state index contributed by atoms with van der Waals surface area (Å²) in [6, 6.07) is 3.72. The smallest absolute Gasteiger partial charge is 0.113 e. The van der Waals surface area contributed by atoms with Crippen LogP contribution in [0.4, 0.5) is 5.69 Å². The first-order valence-electron chi connectivity index (χ1n) is 3.44. The minimum Gasteiger partial charge on any atom is -0.396 e. The van der Waals surface area contributed by atoms with Gasteiger partial charge in [0.1, 0.15) is 5.52 Å². The van der Waals surface area contributed by atoms with E-state index >= 15 is 0 Å². The van der Waals surface area contributed by atoms with Gasteiger partial charge in [0.25, 0.3) is 0 Å². The number of pyridine rings is 2. The molecule has 0 aliphatic rings. The lowest BCUT2D eigenvalue weighted by Gasteiger charge is -2.00. The number of anilines is 1. The fourth-order valence-corrected chi connectivity index (χ4v) is 1.31. The first-order valence-corrected chi connectivity index (χ1v) is 4.23. The molecule has 60 valence electrons. The van der Waals surface area contributed by atoms with Gasteiger partial charge in [0.2, 0.25) is 0 Å². The zero-order chi connectivity index (χ0) is 8.55. The molecule has 2 N–H and O–H groups in total. The number of rotatable bonds is 0. The lowest BCUT2D eigenvalue weighted by Crippen LogP contribution is -1.92. The van der Waals surface area contributed by atoms with Crippen molar-refractivity contribution >= 4 is 32.7 Å². The number of nitrogens with zero attached hydrogens (tertiary/aromatic N) is 2. The Kier molecular flexibility index (Phi) is 1.69. The standard InChI is InChI=1S/C8H6BrN3/c9-5-4-12-6-2-1-3-11-8(6)7(5)10/h1-4H,(H2,10,12). The van der Waals surface area contributed by atoms with Crippen molar-refractivity contribution in [1.29, 1.82) is 0 Å². The van der Waals surface area contributed by atoms with Crippen LogP contribution in [-0.2, 0) is 0 Å². The highest BCUT2D eigenvalue weighted by Crippen LogP contribution is 2.24. The van der Waals surface area contributed by atoms with Crippen molar-refractivity contribution in [2.45, 2.75) is 0 Å². The van der Waals surface area contributed by atoms with Gasteiger partial charge in [0.15, 0.2) is 0 Å². The van der Waals surface area contributed by atoms with Gasteiger partial charge in [-0.3, -0.25) is 9.97 Å². The zero-order valence-corrected chi connectivity index (χ0v) is 7.75. The van der Waals surface area contributed by atoms with E-state index in [0.717, 1.165) is 15.5 Å². The summed E-state index contributed by atoms with van der Waals surface area (Å²) in [4.78, 5) is 8.28. The minimum atomic E-state index is 0.639. The highest BCUT2D eigenvalue weighted by Gasteiger charge is 2.02. The van der Waals surface area contributed by atoms with Crippen LogP contribution in [0.25, 0.3) is 11.0 Å². The van der Waals surface area contributed by atoms with Crippen molar-refractivity contribution in [3.63, 3.8) is 0 Å². The Balaban J connectivity index is 2.91. The summed E-state index contributed by atoms with van der Waals surface area (Å²) in [5.74, 6) is 0. The number of hydrogen-bond donors (Lipinski definition) is 1. The maximum atomic E-state index is 5.77. The highest BCUT2D eigenvalue weighted by molar-refractivity contribution is 9.10. The topological polar surface area (TPSA) is 51.8 Å². The van der Waals surface area contributed by atoms with E-state index in [0.29, 0.717) is 5.69 Å². The van der Waals surface area contributed by atoms with Gasteiger partial charge in [0, 0.05) is 12.4 Å². The molecule has 0 spiro atoms. The molecule has 0 fully saturated rings. The minimum absolute atomic E-state index is 0.639. The second-order valence-corrected chi connectivity index (χ2v) is 3.25. The van der Waals surface area contributed by atoms with Gasteiger partial charge in [-0.1, -0.05) is 0 Å². The van der Waals surface area contributed by atoms with Crippen molar-refractivity contribution < 1.29 is 0 Å². The third-order valence-corrected chi connectivity index (χ3v) is 2.25. The first kappa shape index (κ1) is 7.49. The largest absolute Gasteiger partial charge is 0.396 e. The van der Waals surface area contributed by atoms with Crippen LogP contribution in [0.1, 0.15) is 0 Å². The molecule has 2 aromatic heterocycles. The molecular formula is C8H6BrN3.